The Morgan fingerprint density at radius 2 is 2.07 bits per heavy atom. The van der Waals surface area contributed by atoms with Gasteiger partial charge in [0.2, 0.25) is 0 Å². The van der Waals surface area contributed by atoms with E-state index in [1.54, 1.807) is 0 Å². The van der Waals surface area contributed by atoms with E-state index in [0.717, 1.165) is 38.1 Å². The van der Waals surface area contributed by atoms with Gasteiger partial charge in [-0.15, -0.1) is 12.4 Å². The molecule has 1 saturated heterocycles. The topological polar surface area (TPSA) is 52.9 Å². The van der Waals surface area contributed by atoms with E-state index in [1.165, 1.54) is 30.5 Å². The van der Waals surface area contributed by atoms with E-state index in [2.05, 4.69) is 17.9 Å². The normalized spacial score (nSPS) is 40.6. The van der Waals surface area contributed by atoms with Gasteiger partial charge in [-0.2, -0.15) is 0 Å². The monoisotopic (exact) mass is 393 g/mol. The minimum absolute atomic E-state index is 0. The predicted molar refractivity (Wildman–Crippen MR) is 108 cm³/mol. The summed E-state index contributed by atoms with van der Waals surface area (Å²) in [6.07, 6.45) is 5.98. The zero-order chi connectivity index (χ0) is 18.1. The Morgan fingerprint density at radius 3 is 2.78 bits per heavy atom. The smallest absolute Gasteiger partial charge is 0.115 e. The largest absolute Gasteiger partial charge is 0.508 e. The molecule has 4 aliphatic rings. The van der Waals surface area contributed by atoms with E-state index in [4.69, 9.17) is 4.74 Å². The SMILES string of the molecule is COC12[C@@H](C)CC(O)C[C@@]13CCN(CC1CC1)[C@@H]2Cc1ccc(O)cc13.Cl. The highest BCUT2D eigenvalue weighted by Gasteiger charge is 2.68. The van der Waals surface area contributed by atoms with Gasteiger partial charge in [0.25, 0.3) is 0 Å². The third-order valence-corrected chi connectivity index (χ3v) is 8.00. The average molecular weight is 394 g/mol. The lowest BCUT2D eigenvalue weighted by Crippen LogP contribution is -2.76. The number of phenolic OH excluding ortho intramolecular Hbond substituents is 1. The second kappa shape index (κ2) is 6.62. The second-order valence-corrected chi connectivity index (χ2v) is 9.32. The zero-order valence-electron chi connectivity index (χ0n) is 16.4. The van der Waals surface area contributed by atoms with E-state index < -0.39 is 0 Å². The van der Waals surface area contributed by atoms with Crippen molar-refractivity contribution >= 4 is 12.4 Å². The first-order chi connectivity index (χ1) is 12.5. The first-order valence-electron chi connectivity index (χ1n) is 10.3. The fourth-order valence-corrected chi connectivity index (χ4v) is 6.92. The van der Waals surface area contributed by atoms with Crippen molar-refractivity contribution in [3.05, 3.63) is 29.3 Å². The molecule has 0 amide bonds. The van der Waals surface area contributed by atoms with Crippen LogP contribution in [0.1, 0.15) is 50.2 Å². The van der Waals surface area contributed by atoms with E-state index in [-0.39, 0.29) is 29.5 Å². The molecular weight excluding hydrogens is 362 g/mol. The van der Waals surface area contributed by atoms with Gasteiger partial charge in [-0.1, -0.05) is 13.0 Å². The van der Waals surface area contributed by atoms with Crippen LogP contribution in [0.15, 0.2) is 18.2 Å². The molecule has 0 radical (unpaired) electrons. The highest BCUT2D eigenvalue weighted by molar-refractivity contribution is 5.85. The Kier molecular flexibility index (Phi) is 4.78. The number of rotatable bonds is 3. The molecule has 27 heavy (non-hydrogen) atoms. The van der Waals surface area contributed by atoms with Gasteiger partial charge >= 0.3 is 0 Å². The van der Waals surface area contributed by atoms with Crippen LogP contribution in [0.25, 0.3) is 0 Å². The van der Waals surface area contributed by atoms with E-state index >= 15 is 0 Å². The Morgan fingerprint density at radius 1 is 1.30 bits per heavy atom. The lowest BCUT2D eigenvalue weighted by molar-refractivity contribution is -0.225. The maximum atomic E-state index is 10.7. The molecule has 1 aromatic rings. The van der Waals surface area contributed by atoms with Crippen LogP contribution in [0.3, 0.4) is 0 Å². The molecule has 3 aliphatic carbocycles. The Hall–Kier alpha value is -0.810. The van der Waals surface area contributed by atoms with Gasteiger partial charge in [-0.05, 0) is 80.2 Å². The number of aromatic hydroxyl groups is 1. The van der Waals surface area contributed by atoms with Gasteiger partial charge in [0, 0.05) is 25.1 Å². The number of ether oxygens (including phenoxy) is 1. The summed E-state index contributed by atoms with van der Waals surface area (Å²) in [6, 6.07) is 6.24. The molecular formula is C22H32ClNO3. The third kappa shape index (κ3) is 2.60. The molecule has 1 aliphatic heterocycles. The highest BCUT2D eigenvalue weighted by Crippen LogP contribution is 2.62. The molecule has 1 heterocycles. The molecule has 0 spiro atoms. The van der Waals surface area contributed by atoms with Crippen LogP contribution in [-0.2, 0) is 16.6 Å². The molecule has 2 unspecified atom stereocenters. The lowest BCUT2D eigenvalue weighted by atomic mass is 9.46. The van der Waals surface area contributed by atoms with Crippen LogP contribution in [0.5, 0.6) is 5.75 Å². The number of fused-ring (bicyclic) bond motifs is 1. The number of piperidine rings is 1. The number of halogens is 1. The third-order valence-electron chi connectivity index (χ3n) is 8.00. The molecule has 5 atom stereocenters. The van der Waals surface area contributed by atoms with E-state index in [9.17, 15) is 10.2 Å². The first kappa shape index (κ1) is 19.5. The van der Waals surface area contributed by atoms with Gasteiger partial charge in [0.15, 0.2) is 0 Å². The summed E-state index contributed by atoms with van der Waals surface area (Å²) in [5, 5.41) is 20.9. The van der Waals surface area contributed by atoms with E-state index in [1.807, 2.05) is 19.2 Å². The molecule has 1 aromatic carbocycles. The minimum Gasteiger partial charge on any atom is -0.508 e. The van der Waals surface area contributed by atoms with Crippen molar-refractivity contribution in [2.75, 3.05) is 20.2 Å². The molecule has 150 valence electrons. The number of benzene rings is 1. The summed E-state index contributed by atoms with van der Waals surface area (Å²) in [5.74, 6) is 1.48. The quantitative estimate of drug-likeness (QED) is 0.827. The molecule has 5 rings (SSSR count). The van der Waals surface area contributed by atoms with Gasteiger partial charge in [0.05, 0.1) is 11.7 Å². The molecule has 3 fully saturated rings. The standard InChI is InChI=1S/C22H31NO3.ClH/c1-14-9-18(25)12-21-7-8-23(13-15-3-4-15)20(22(14,21)26-2)10-16-5-6-17(24)11-19(16)21;/h5-6,11,14-15,18,20,24-25H,3-4,7-10,12-13H2,1-2H3;1H/t14-,18?,20+,21+,22?;/m0./s1. The Bertz CT molecular complexity index is 724. The Labute approximate surface area is 168 Å². The van der Waals surface area contributed by atoms with Crippen molar-refractivity contribution in [1.82, 2.24) is 4.90 Å². The molecule has 0 aromatic heterocycles. The molecule has 2 N–H and O–H groups in total. The van der Waals surface area contributed by atoms with Gasteiger partial charge in [0.1, 0.15) is 5.75 Å². The predicted octanol–water partition coefficient (Wildman–Crippen LogP) is 3.27. The van der Waals surface area contributed by atoms with Crippen LogP contribution in [-0.4, -0.2) is 53.1 Å². The second-order valence-electron chi connectivity index (χ2n) is 9.32. The van der Waals surface area contributed by atoms with Crippen LogP contribution >= 0.6 is 12.4 Å². The molecule has 2 bridgehead atoms. The summed E-state index contributed by atoms with van der Waals surface area (Å²) in [6.45, 7) is 4.53. The fraction of sp³-hybridized carbons (Fsp3) is 0.727. The van der Waals surface area contributed by atoms with Crippen molar-refractivity contribution in [3.63, 3.8) is 0 Å². The Balaban J connectivity index is 0.00000180. The zero-order valence-corrected chi connectivity index (χ0v) is 17.2. The van der Waals surface area contributed by atoms with E-state index in [0.29, 0.717) is 17.7 Å². The number of aliphatic hydroxyl groups is 1. The minimum atomic E-state index is -0.294. The number of aliphatic hydroxyl groups excluding tert-OH is 1. The summed E-state index contributed by atoms with van der Waals surface area (Å²) in [5.41, 5.74) is 2.09. The summed E-state index contributed by atoms with van der Waals surface area (Å²) < 4.78 is 6.50. The van der Waals surface area contributed by atoms with Crippen molar-refractivity contribution in [2.45, 2.75) is 68.6 Å². The highest BCUT2D eigenvalue weighted by atomic mass is 35.5. The maximum absolute atomic E-state index is 10.7. The number of nitrogens with zero attached hydrogens (tertiary/aromatic N) is 1. The number of methoxy groups -OCH3 is 1. The van der Waals surface area contributed by atoms with Crippen molar-refractivity contribution < 1.29 is 14.9 Å². The number of hydrogen-bond acceptors (Lipinski definition) is 4. The molecule has 5 heteroatoms. The average Bonchev–Trinajstić information content (AvgIpc) is 3.42. The first-order valence-corrected chi connectivity index (χ1v) is 10.3. The van der Waals surface area contributed by atoms with Crippen LogP contribution in [0, 0.1) is 11.8 Å². The van der Waals surface area contributed by atoms with Crippen LogP contribution in [0.4, 0.5) is 0 Å². The van der Waals surface area contributed by atoms with Crippen LogP contribution < -0.4 is 0 Å². The number of phenols is 1. The fourth-order valence-electron chi connectivity index (χ4n) is 6.92. The molecule has 2 saturated carbocycles. The van der Waals surface area contributed by atoms with Crippen molar-refractivity contribution in [3.8, 4) is 5.75 Å². The summed E-state index contributed by atoms with van der Waals surface area (Å²) in [4.78, 5) is 2.70. The maximum Gasteiger partial charge on any atom is 0.115 e. The van der Waals surface area contributed by atoms with Gasteiger partial charge in [-0.3, -0.25) is 4.90 Å². The summed E-state index contributed by atoms with van der Waals surface area (Å²) in [7, 11) is 1.88. The van der Waals surface area contributed by atoms with Gasteiger partial charge in [-0.25, -0.2) is 0 Å². The van der Waals surface area contributed by atoms with Crippen LogP contribution in [0.2, 0.25) is 0 Å². The summed E-state index contributed by atoms with van der Waals surface area (Å²) >= 11 is 0. The lowest BCUT2D eigenvalue weighted by Gasteiger charge is -2.68. The number of likely N-dealkylation sites (tertiary alicyclic amines) is 1. The molecule has 4 nitrogen and oxygen atoms in total. The van der Waals surface area contributed by atoms with Gasteiger partial charge < -0.3 is 14.9 Å². The number of hydrogen-bond donors (Lipinski definition) is 2. The van der Waals surface area contributed by atoms with Crippen molar-refractivity contribution in [1.29, 1.82) is 0 Å². The van der Waals surface area contributed by atoms with Crippen molar-refractivity contribution in [2.24, 2.45) is 11.8 Å².